The van der Waals surface area contributed by atoms with Gasteiger partial charge in [0.05, 0.1) is 0 Å². The summed E-state index contributed by atoms with van der Waals surface area (Å²) in [4.78, 5) is 12.7. The summed E-state index contributed by atoms with van der Waals surface area (Å²) < 4.78 is 37.2. The van der Waals surface area contributed by atoms with Crippen LogP contribution in [0, 0.1) is 11.6 Å². The van der Waals surface area contributed by atoms with Crippen LogP contribution in [0.25, 0.3) is 6.08 Å². The maximum atomic E-state index is 13.5. The first-order valence-electron chi connectivity index (χ1n) is 9.87. The first kappa shape index (κ1) is 20.6. The molecule has 4 rings (SSSR count). The number of benzene rings is 3. The van der Waals surface area contributed by atoms with E-state index in [2.05, 4.69) is 0 Å². The molecule has 1 aliphatic carbocycles. The predicted octanol–water partition coefficient (Wildman–Crippen LogP) is 5.34. The summed E-state index contributed by atoms with van der Waals surface area (Å²) in [5.74, 6) is -0.680. The molecule has 4 nitrogen and oxygen atoms in total. The summed E-state index contributed by atoms with van der Waals surface area (Å²) >= 11 is 0. The van der Waals surface area contributed by atoms with Gasteiger partial charge in [-0.05, 0) is 72.5 Å². The van der Waals surface area contributed by atoms with Gasteiger partial charge in [0, 0.05) is 17.2 Å². The van der Waals surface area contributed by atoms with E-state index in [1.807, 2.05) is 18.2 Å². The molecule has 0 aromatic heterocycles. The number of carbonyl (C=O) groups excluding carboxylic acids is 1. The summed E-state index contributed by atoms with van der Waals surface area (Å²) in [7, 11) is 0. The SMILES string of the molecule is O=C1/C(=C/c2ccc(OCCOc3ccc(F)cc3F)cc2)CCc2cc(O)ccc21. The van der Waals surface area contributed by atoms with Crippen molar-refractivity contribution in [2.75, 3.05) is 13.2 Å². The lowest BCUT2D eigenvalue weighted by molar-refractivity contribution is 0.102. The number of allylic oxidation sites excluding steroid dienone is 1. The number of phenols is 1. The number of Topliss-reactive ketones (excluding diaryl/α,β-unsaturated/α-hetero) is 1. The molecule has 0 spiro atoms. The number of aryl methyl sites for hydroxylation is 1. The predicted molar refractivity (Wildman–Crippen MR) is 113 cm³/mol. The van der Waals surface area contributed by atoms with Crippen molar-refractivity contribution < 1.29 is 28.2 Å². The number of phenolic OH excluding ortho intramolecular Hbond substituents is 1. The number of aromatic hydroxyl groups is 1. The van der Waals surface area contributed by atoms with E-state index in [9.17, 15) is 18.7 Å². The standard InChI is InChI=1S/C25H20F2O4/c26-19-5-10-24(23(27)15-19)31-12-11-30-21-7-1-16(2-8-21)13-18-4-3-17-14-20(28)6-9-22(17)25(18)29/h1-2,5-10,13-15,28H,3-4,11-12H2/b18-13+. The quantitative estimate of drug-likeness (QED) is 0.430. The fourth-order valence-corrected chi connectivity index (χ4v) is 3.47. The summed E-state index contributed by atoms with van der Waals surface area (Å²) in [5.41, 5.74) is 3.10. The molecule has 0 saturated heterocycles. The maximum absolute atomic E-state index is 13.5. The van der Waals surface area contributed by atoms with E-state index in [1.165, 1.54) is 12.1 Å². The number of hydrogen-bond donors (Lipinski definition) is 1. The minimum absolute atomic E-state index is 0.0215. The molecule has 31 heavy (non-hydrogen) atoms. The molecule has 158 valence electrons. The van der Waals surface area contributed by atoms with Gasteiger partial charge in [0.2, 0.25) is 0 Å². The van der Waals surface area contributed by atoms with Gasteiger partial charge in [-0.15, -0.1) is 0 Å². The highest BCUT2D eigenvalue weighted by Gasteiger charge is 2.22. The van der Waals surface area contributed by atoms with E-state index in [0.29, 0.717) is 24.2 Å². The largest absolute Gasteiger partial charge is 0.508 e. The van der Waals surface area contributed by atoms with Gasteiger partial charge in [0.25, 0.3) is 0 Å². The molecular weight excluding hydrogens is 402 g/mol. The Bertz CT molecular complexity index is 1140. The summed E-state index contributed by atoms with van der Waals surface area (Å²) in [6.45, 7) is 0.303. The lowest BCUT2D eigenvalue weighted by Crippen LogP contribution is -2.13. The van der Waals surface area contributed by atoms with E-state index in [4.69, 9.17) is 9.47 Å². The van der Waals surface area contributed by atoms with Crippen LogP contribution in [0.4, 0.5) is 8.78 Å². The topological polar surface area (TPSA) is 55.8 Å². The van der Waals surface area contributed by atoms with E-state index in [-0.39, 0.29) is 30.5 Å². The molecule has 1 aliphatic rings. The molecule has 0 radical (unpaired) electrons. The molecule has 3 aromatic rings. The number of ether oxygens (including phenoxy) is 2. The van der Waals surface area contributed by atoms with E-state index in [0.717, 1.165) is 28.8 Å². The third kappa shape index (κ3) is 4.91. The Morgan fingerprint density at radius 2 is 1.68 bits per heavy atom. The van der Waals surface area contributed by atoms with Gasteiger partial charge in [-0.1, -0.05) is 12.1 Å². The highest BCUT2D eigenvalue weighted by molar-refractivity contribution is 6.13. The fraction of sp³-hybridized carbons (Fsp3) is 0.160. The van der Waals surface area contributed by atoms with Crippen LogP contribution in [0.2, 0.25) is 0 Å². The second kappa shape index (κ2) is 9.00. The molecule has 0 saturated carbocycles. The second-order valence-corrected chi connectivity index (χ2v) is 7.18. The Balaban J connectivity index is 1.33. The molecule has 0 amide bonds. The van der Waals surface area contributed by atoms with Gasteiger partial charge >= 0.3 is 0 Å². The minimum Gasteiger partial charge on any atom is -0.508 e. The Kier molecular flexibility index (Phi) is 5.98. The first-order valence-corrected chi connectivity index (χ1v) is 9.87. The zero-order chi connectivity index (χ0) is 21.8. The maximum Gasteiger partial charge on any atom is 0.189 e. The lowest BCUT2D eigenvalue weighted by Gasteiger charge is -2.17. The van der Waals surface area contributed by atoms with Crippen molar-refractivity contribution in [1.82, 2.24) is 0 Å². The normalized spacial score (nSPS) is 14.4. The van der Waals surface area contributed by atoms with Crippen molar-refractivity contribution >= 4 is 11.9 Å². The number of carbonyl (C=O) groups is 1. The van der Waals surface area contributed by atoms with Crippen LogP contribution in [0.1, 0.15) is 27.9 Å². The molecule has 0 bridgehead atoms. The second-order valence-electron chi connectivity index (χ2n) is 7.18. The number of fused-ring (bicyclic) bond motifs is 1. The molecule has 6 heteroatoms. The van der Waals surface area contributed by atoms with Gasteiger partial charge in [-0.25, -0.2) is 8.78 Å². The number of ketones is 1. The summed E-state index contributed by atoms with van der Waals surface area (Å²) in [6.07, 6.45) is 3.18. The Hall–Kier alpha value is -3.67. The van der Waals surface area contributed by atoms with Crippen LogP contribution < -0.4 is 9.47 Å². The summed E-state index contributed by atoms with van der Waals surface area (Å²) in [5, 5.41) is 9.58. The van der Waals surface area contributed by atoms with E-state index >= 15 is 0 Å². The monoisotopic (exact) mass is 422 g/mol. The first-order chi connectivity index (χ1) is 15.0. The highest BCUT2D eigenvalue weighted by Crippen LogP contribution is 2.29. The van der Waals surface area contributed by atoms with Crippen LogP contribution in [0.5, 0.6) is 17.2 Å². The molecule has 0 fully saturated rings. The van der Waals surface area contributed by atoms with Gasteiger partial charge < -0.3 is 14.6 Å². The average molecular weight is 422 g/mol. The van der Waals surface area contributed by atoms with Crippen molar-refractivity contribution in [3.05, 3.63) is 94.6 Å². The van der Waals surface area contributed by atoms with Crippen molar-refractivity contribution in [2.24, 2.45) is 0 Å². The minimum atomic E-state index is -0.755. The van der Waals surface area contributed by atoms with E-state index < -0.39 is 11.6 Å². The van der Waals surface area contributed by atoms with Crippen molar-refractivity contribution in [1.29, 1.82) is 0 Å². The average Bonchev–Trinajstić information content (AvgIpc) is 2.75. The zero-order valence-electron chi connectivity index (χ0n) is 16.6. The van der Waals surface area contributed by atoms with Crippen molar-refractivity contribution in [3.63, 3.8) is 0 Å². The van der Waals surface area contributed by atoms with Crippen LogP contribution in [0.15, 0.2) is 66.2 Å². The molecule has 0 atom stereocenters. The molecule has 0 unspecified atom stereocenters. The van der Waals surface area contributed by atoms with Gasteiger partial charge in [0.1, 0.15) is 30.5 Å². The number of rotatable bonds is 6. The highest BCUT2D eigenvalue weighted by atomic mass is 19.1. The Labute approximate surface area is 178 Å². The van der Waals surface area contributed by atoms with Crippen LogP contribution in [0.3, 0.4) is 0 Å². The van der Waals surface area contributed by atoms with Crippen LogP contribution >= 0.6 is 0 Å². The molecule has 3 aromatic carbocycles. The third-order valence-corrected chi connectivity index (χ3v) is 5.01. The van der Waals surface area contributed by atoms with Crippen molar-refractivity contribution in [2.45, 2.75) is 12.8 Å². The van der Waals surface area contributed by atoms with Crippen molar-refractivity contribution in [3.8, 4) is 17.2 Å². The molecule has 0 heterocycles. The number of hydrogen-bond acceptors (Lipinski definition) is 4. The zero-order valence-corrected chi connectivity index (χ0v) is 16.6. The van der Waals surface area contributed by atoms with Gasteiger partial charge in [-0.2, -0.15) is 0 Å². The molecule has 0 aliphatic heterocycles. The fourth-order valence-electron chi connectivity index (χ4n) is 3.47. The third-order valence-electron chi connectivity index (χ3n) is 5.01. The lowest BCUT2D eigenvalue weighted by atomic mass is 9.86. The number of halogens is 2. The van der Waals surface area contributed by atoms with Gasteiger partial charge in [0.15, 0.2) is 17.3 Å². The van der Waals surface area contributed by atoms with Crippen LogP contribution in [-0.4, -0.2) is 24.1 Å². The van der Waals surface area contributed by atoms with E-state index in [1.54, 1.807) is 24.3 Å². The Morgan fingerprint density at radius 1 is 0.903 bits per heavy atom. The molecular formula is C25H20F2O4. The van der Waals surface area contributed by atoms with Gasteiger partial charge in [-0.3, -0.25) is 4.79 Å². The summed E-state index contributed by atoms with van der Waals surface area (Å²) in [6, 6.07) is 15.2. The Morgan fingerprint density at radius 3 is 2.45 bits per heavy atom. The van der Waals surface area contributed by atoms with Crippen LogP contribution in [-0.2, 0) is 6.42 Å². The molecule has 1 N–H and O–H groups in total. The smallest absolute Gasteiger partial charge is 0.189 e.